The molecule has 0 aliphatic rings. The average Bonchev–Trinajstić information content (AvgIpc) is 2.98. The van der Waals surface area contributed by atoms with Crippen LogP contribution >= 0.6 is 0 Å². The van der Waals surface area contributed by atoms with E-state index in [9.17, 15) is 0 Å². The van der Waals surface area contributed by atoms with E-state index < -0.39 is 0 Å². The van der Waals surface area contributed by atoms with E-state index in [-0.39, 0.29) is 0 Å². The van der Waals surface area contributed by atoms with Crippen molar-refractivity contribution in [2.45, 2.75) is 46.1 Å². The Morgan fingerprint density at radius 1 is 0.955 bits per heavy atom. The lowest BCUT2D eigenvalue weighted by Crippen LogP contribution is -2.08. The number of benzene rings is 1. The third-order valence-corrected chi connectivity index (χ3v) is 4.03. The number of hydrogen-bond acceptors (Lipinski definition) is 3. The molecule has 0 spiro atoms. The van der Waals surface area contributed by atoms with Crippen molar-refractivity contribution >= 4 is 10.9 Å². The Labute approximate surface area is 131 Å². The number of para-hydroxylation sites is 1. The van der Waals surface area contributed by atoms with Crippen molar-refractivity contribution in [2.75, 3.05) is 0 Å². The first-order valence-electron chi connectivity index (χ1n) is 8.07. The summed E-state index contributed by atoms with van der Waals surface area (Å²) in [7, 11) is 0. The first-order valence-corrected chi connectivity index (χ1v) is 8.07. The topological polar surface area (TPSA) is 43.6 Å². The average molecular weight is 294 g/mol. The summed E-state index contributed by atoms with van der Waals surface area (Å²) >= 11 is 0. The molecule has 114 valence electrons. The number of nitrogens with zero attached hydrogens (tertiary/aromatic N) is 4. The van der Waals surface area contributed by atoms with Gasteiger partial charge in [-0.1, -0.05) is 32.0 Å². The Bertz CT molecular complexity index is 761. The van der Waals surface area contributed by atoms with Crippen LogP contribution in [0.4, 0.5) is 0 Å². The molecule has 0 atom stereocenters. The fraction of sp³-hybridized carbons (Fsp3) is 0.389. The SMILES string of the molecule is CCc1nnc(CCCn2ccc3ccccc32)nc1CC. The minimum absolute atomic E-state index is 0.866. The Kier molecular flexibility index (Phi) is 4.47. The van der Waals surface area contributed by atoms with E-state index in [1.54, 1.807) is 0 Å². The van der Waals surface area contributed by atoms with Gasteiger partial charge in [-0.25, -0.2) is 4.98 Å². The molecule has 0 radical (unpaired) electrons. The summed E-state index contributed by atoms with van der Waals surface area (Å²) in [6, 6.07) is 10.6. The Morgan fingerprint density at radius 3 is 2.59 bits per heavy atom. The molecule has 0 bridgehead atoms. The van der Waals surface area contributed by atoms with Crippen LogP contribution in [0.25, 0.3) is 10.9 Å². The van der Waals surface area contributed by atoms with Gasteiger partial charge < -0.3 is 4.57 Å². The van der Waals surface area contributed by atoms with Crippen LogP contribution in [0, 0.1) is 0 Å². The van der Waals surface area contributed by atoms with Crippen LogP contribution in [-0.4, -0.2) is 19.7 Å². The molecule has 0 amide bonds. The van der Waals surface area contributed by atoms with Crippen molar-refractivity contribution in [2.24, 2.45) is 0 Å². The Balaban J connectivity index is 1.66. The maximum absolute atomic E-state index is 4.66. The minimum atomic E-state index is 0.866. The molecule has 3 aromatic rings. The zero-order chi connectivity index (χ0) is 15.4. The predicted octanol–water partition coefficient (Wildman–Crippen LogP) is 3.58. The van der Waals surface area contributed by atoms with Crippen molar-refractivity contribution in [1.29, 1.82) is 0 Å². The van der Waals surface area contributed by atoms with Crippen LogP contribution in [0.5, 0.6) is 0 Å². The maximum Gasteiger partial charge on any atom is 0.151 e. The van der Waals surface area contributed by atoms with Gasteiger partial charge in [0.05, 0.1) is 11.4 Å². The highest BCUT2D eigenvalue weighted by atomic mass is 15.2. The molecule has 0 saturated heterocycles. The van der Waals surface area contributed by atoms with E-state index in [0.717, 1.165) is 49.4 Å². The van der Waals surface area contributed by atoms with Crippen LogP contribution in [-0.2, 0) is 25.8 Å². The summed E-state index contributed by atoms with van der Waals surface area (Å²) in [5, 5.41) is 9.88. The smallest absolute Gasteiger partial charge is 0.151 e. The molecule has 0 fully saturated rings. The molecule has 2 heterocycles. The standard InChI is InChI=1S/C18H22N4/c1-3-15-16(4-2)20-21-18(19-15)10-7-12-22-13-11-14-8-5-6-9-17(14)22/h5-6,8-9,11,13H,3-4,7,10,12H2,1-2H3. The number of hydrogen-bond donors (Lipinski definition) is 0. The van der Waals surface area contributed by atoms with Crippen molar-refractivity contribution < 1.29 is 0 Å². The summed E-state index contributed by atoms with van der Waals surface area (Å²) in [5.74, 6) is 0.866. The van der Waals surface area contributed by atoms with Crippen molar-refractivity contribution in [3.05, 3.63) is 53.7 Å². The van der Waals surface area contributed by atoms with Crippen LogP contribution in [0.3, 0.4) is 0 Å². The van der Waals surface area contributed by atoms with Gasteiger partial charge >= 0.3 is 0 Å². The van der Waals surface area contributed by atoms with E-state index in [1.165, 1.54) is 10.9 Å². The summed E-state index contributed by atoms with van der Waals surface area (Å²) in [6.07, 6.45) is 5.87. The highest BCUT2D eigenvalue weighted by molar-refractivity contribution is 5.79. The molecule has 22 heavy (non-hydrogen) atoms. The zero-order valence-corrected chi connectivity index (χ0v) is 13.3. The van der Waals surface area contributed by atoms with Gasteiger partial charge in [-0.2, -0.15) is 5.10 Å². The third-order valence-electron chi connectivity index (χ3n) is 4.03. The highest BCUT2D eigenvalue weighted by Crippen LogP contribution is 2.15. The van der Waals surface area contributed by atoms with Gasteiger partial charge in [0.2, 0.25) is 0 Å². The Hall–Kier alpha value is -2.23. The van der Waals surface area contributed by atoms with Gasteiger partial charge in [0.25, 0.3) is 0 Å². The minimum Gasteiger partial charge on any atom is -0.347 e. The highest BCUT2D eigenvalue weighted by Gasteiger charge is 2.06. The molecule has 4 heteroatoms. The molecule has 0 unspecified atom stereocenters. The van der Waals surface area contributed by atoms with Crippen molar-refractivity contribution in [3.8, 4) is 0 Å². The number of aromatic nitrogens is 4. The van der Waals surface area contributed by atoms with E-state index in [1.807, 2.05) is 0 Å². The van der Waals surface area contributed by atoms with Crippen LogP contribution in [0.2, 0.25) is 0 Å². The van der Waals surface area contributed by atoms with Crippen molar-refractivity contribution in [1.82, 2.24) is 19.7 Å². The molecule has 0 N–H and O–H groups in total. The number of rotatable bonds is 6. The van der Waals surface area contributed by atoms with Gasteiger partial charge in [-0.15, -0.1) is 5.10 Å². The fourth-order valence-corrected chi connectivity index (χ4v) is 2.83. The summed E-state index contributed by atoms with van der Waals surface area (Å²) in [5.41, 5.74) is 3.42. The Morgan fingerprint density at radius 2 is 1.77 bits per heavy atom. The molecule has 4 nitrogen and oxygen atoms in total. The van der Waals surface area contributed by atoms with Gasteiger partial charge in [-0.3, -0.25) is 0 Å². The van der Waals surface area contributed by atoms with E-state index in [4.69, 9.17) is 0 Å². The molecule has 0 saturated carbocycles. The zero-order valence-electron chi connectivity index (χ0n) is 13.3. The van der Waals surface area contributed by atoms with Crippen LogP contribution in [0.15, 0.2) is 36.5 Å². The first kappa shape index (κ1) is 14.7. The van der Waals surface area contributed by atoms with Crippen LogP contribution < -0.4 is 0 Å². The number of aryl methyl sites for hydroxylation is 4. The first-order chi connectivity index (χ1) is 10.8. The predicted molar refractivity (Wildman–Crippen MR) is 88.8 cm³/mol. The maximum atomic E-state index is 4.66. The summed E-state index contributed by atoms with van der Waals surface area (Å²) in [4.78, 5) is 4.66. The van der Waals surface area contributed by atoms with Gasteiger partial charge in [-0.05, 0) is 36.8 Å². The molecule has 2 aromatic heterocycles. The summed E-state index contributed by atoms with van der Waals surface area (Å²) < 4.78 is 2.30. The molecule has 3 rings (SSSR count). The fourth-order valence-electron chi connectivity index (χ4n) is 2.83. The normalized spacial score (nSPS) is 11.2. The molecule has 0 aliphatic carbocycles. The van der Waals surface area contributed by atoms with Gasteiger partial charge in [0.15, 0.2) is 5.82 Å². The molecular formula is C18H22N4. The van der Waals surface area contributed by atoms with Crippen molar-refractivity contribution in [3.63, 3.8) is 0 Å². The largest absolute Gasteiger partial charge is 0.347 e. The second-order valence-corrected chi connectivity index (χ2v) is 5.50. The lowest BCUT2D eigenvalue weighted by Gasteiger charge is -2.07. The van der Waals surface area contributed by atoms with Gasteiger partial charge in [0.1, 0.15) is 0 Å². The van der Waals surface area contributed by atoms with E-state index in [2.05, 4.69) is 70.1 Å². The summed E-state index contributed by atoms with van der Waals surface area (Å²) in [6.45, 7) is 5.20. The van der Waals surface area contributed by atoms with Gasteiger partial charge in [0, 0.05) is 24.7 Å². The monoisotopic (exact) mass is 294 g/mol. The molecule has 0 aliphatic heterocycles. The van der Waals surface area contributed by atoms with Crippen LogP contribution in [0.1, 0.15) is 37.5 Å². The lowest BCUT2D eigenvalue weighted by molar-refractivity contribution is 0.631. The quantitative estimate of drug-likeness (QED) is 0.698. The third kappa shape index (κ3) is 3.01. The number of fused-ring (bicyclic) bond motifs is 1. The van der Waals surface area contributed by atoms with E-state index in [0.29, 0.717) is 0 Å². The lowest BCUT2D eigenvalue weighted by atomic mass is 10.2. The second kappa shape index (κ2) is 6.69. The molecular weight excluding hydrogens is 272 g/mol. The second-order valence-electron chi connectivity index (χ2n) is 5.50. The van der Waals surface area contributed by atoms with E-state index >= 15 is 0 Å². The molecule has 1 aromatic carbocycles.